The third kappa shape index (κ3) is 3.10. The molecule has 0 aromatic heterocycles. The molecule has 1 saturated carbocycles. The number of benzene rings is 1. The zero-order valence-electron chi connectivity index (χ0n) is 11.6. The first-order chi connectivity index (χ1) is 9.04. The Balaban J connectivity index is 2.05. The van der Waals surface area contributed by atoms with Crippen LogP contribution in [0, 0.1) is 0 Å². The van der Waals surface area contributed by atoms with E-state index >= 15 is 0 Å². The van der Waals surface area contributed by atoms with Crippen molar-refractivity contribution in [1.82, 2.24) is 10.2 Å². The lowest BCUT2D eigenvalue weighted by molar-refractivity contribution is -0.129. The molecule has 0 aliphatic heterocycles. The van der Waals surface area contributed by atoms with E-state index in [1.165, 1.54) is 0 Å². The smallest absolute Gasteiger partial charge is 0.230 e. The SMILES string of the molecule is CN(C)CCNC(=O)C1(c2ccc(Cl)cc2)CCC1. The van der Waals surface area contributed by atoms with Gasteiger partial charge >= 0.3 is 0 Å². The van der Waals surface area contributed by atoms with Crippen LogP contribution in [0.4, 0.5) is 0 Å². The highest BCUT2D eigenvalue weighted by Gasteiger charge is 2.45. The molecule has 1 fully saturated rings. The van der Waals surface area contributed by atoms with Crippen molar-refractivity contribution < 1.29 is 4.79 Å². The van der Waals surface area contributed by atoms with Gasteiger partial charge < -0.3 is 10.2 Å². The topological polar surface area (TPSA) is 32.3 Å². The summed E-state index contributed by atoms with van der Waals surface area (Å²) >= 11 is 5.91. The molecule has 1 aliphatic carbocycles. The third-order valence-corrected chi connectivity index (χ3v) is 4.14. The number of hydrogen-bond donors (Lipinski definition) is 1. The summed E-state index contributed by atoms with van der Waals surface area (Å²) in [7, 11) is 4.01. The maximum absolute atomic E-state index is 12.5. The summed E-state index contributed by atoms with van der Waals surface area (Å²) in [5.74, 6) is 0.155. The van der Waals surface area contributed by atoms with Gasteiger partial charge in [-0.3, -0.25) is 4.79 Å². The molecule has 1 aliphatic rings. The number of hydrogen-bond acceptors (Lipinski definition) is 2. The fourth-order valence-electron chi connectivity index (χ4n) is 2.51. The van der Waals surface area contributed by atoms with E-state index in [1.54, 1.807) is 0 Å². The first kappa shape index (κ1) is 14.4. The van der Waals surface area contributed by atoms with Gasteiger partial charge in [0.2, 0.25) is 5.91 Å². The Labute approximate surface area is 119 Å². The van der Waals surface area contributed by atoms with Gasteiger partial charge in [-0.05, 0) is 44.6 Å². The highest BCUT2D eigenvalue weighted by Crippen LogP contribution is 2.44. The number of nitrogens with zero attached hydrogens (tertiary/aromatic N) is 1. The molecule has 2 rings (SSSR count). The van der Waals surface area contributed by atoms with Crippen LogP contribution >= 0.6 is 11.6 Å². The van der Waals surface area contributed by atoms with E-state index in [9.17, 15) is 4.79 Å². The van der Waals surface area contributed by atoms with Crippen LogP contribution in [-0.2, 0) is 10.2 Å². The number of nitrogens with one attached hydrogen (secondary N) is 1. The largest absolute Gasteiger partial charge is 0.354 e. The van der Waals surface area contributed by atoms with Crippen molar-refractivity contribution in [2.75, 3.05) is 27.2 Å². The van der Waals surface area contributed by atoms with Crippen LogP contribution < -0.4 is 5.32 Å². The molecule has 0 radical (unpaired) electrons. The van der Waals surface area contributed by atoms with Crippen molar-refractivity contribution in [2.45, 2.75) is 24.7 Å². The van der Waals surface area contributed by atoms with Gasteiger partial charge in [0.25, 0.3) is 0 Å². The molecular weight excluding hydrogens is 260 g/mol. The van der Waals surface area contributed by atoms with Crippen molar-refractivity contribution >= 4 is 17.5 Å². The lowest BCUT2D eigenvalue weighted by atomic mass is 9.64. The second-order valence-electron chi connectivity index (χ2n) is 5.50. The molecule has 104 valence electrons. The quantitative estimate of drug-likeness (QED) is 0.898. The summed E-state index contributed by atoms with van der Waals surface area (Å²) in [6, 6.07) is 7.69. The molecule has 0 atom stereocenters. The van der Waals surface area contributed by atoms with Gasteiger partial charge in [0, 0.05) is 18.1 Å². The molecule has 19 heavy (non-hydrogen) atoms. The summed E-state index contributed by atoms with van der Waals surface area (Å²) in [6.45, 7) is 1.56. The number of likely N-dealkylation sites (N-methyl/N-ethyl adjacent to an activating group) is 1. The second-order valence-corrected chi connectivity index (χ2v) is 5.94. The molecule has 0 heterocycles. The second kappa shape index (κ2) is 5.93. The predicted octanol–water partition coefficient (Wildman–Crippen LogP) is 2.44. The molecular formula is C15H21ClN2O. The Morgan fingerprint density at radius 2 is 1.95 bits per heavy atom. The van der Waals surface area contributed by atoms with Crippen molar-refractivity contribution in [3.63, 3.8) is 0 Å². The lowest BCUT2D eigenvalue weighted by Gasteiger charge is -2.40. The van der Waals surface area contributed by atoms with Crippen LogP contribution in [0.2, 0.25) is 5.02 Å². The number of carbonyl (C=O) groups is 1. The Kier molecular flexibility index (Phi) is 4.48. The molecule has 0 spiro atoms. The zero-order valence-corrected chi connectivity index (χ0v) is 12.3. The molecule has 3 nitrogen and oxygen atoms in total. The highest BCUT2D eigenvalue weighted by molar-refractivity contribution is 6.30. The van der Waals surface area contributed by atoms with E-state index in [4.69, 9.17) is 11.6 Å². The molecule has 0 unspecified atom stereocenters. The Bertz CT molecular complexity index is 438. The maximum Gasteiger partial charge on any atom is 0.230 e. The van der Waals surface area contributed by atoms with E-state index in [-0.39, 0.29) is 11.3 Å². The van der Waals surface area contributed by atoms with Gasteiger partial charge in [0.15, 0.2) is 0 Å². The molecule has 0 saturated heterocycles. The summed E-state index contributed by atoms with van der Waals surface area (Å²) in [5, 5.41) is 3.77. The summed E-state index contributed by atoms with van der Waals surface area (Å²) < 4.78 is 0. The minimum absolute atomic E-state index is 0.155. The van der Waals surface area contributed by atoms with Crippen LogP contribution in [0.1, 0.15) is 24.8 Å². The molecule has 4 heteroatoms. The summed E-state index contributed by atoms with van der Waals surface area (Å²) in [6.07, 6.45) is 2.98. The summed E-state index contributed by atoms with van der Waals surface area (Å²) in [5.41, 5.74) is 0.766. The minimum atomic E-state index is -0.323. The maximum atomic E-state index is 12.5. The van der Waals surface area contributed by atoms with Gasteiger partial charge in [-0.15, -0.1) is 0 Å². The predicted molar refractivity (Wildman–Crippen MR) is 78.5 cm³/mol. The number of amides is 1. The van der Waals surface area contributed by atoms with Gasteiger partial charge in [0.05, 0.1) is 5.41 Å². The van der Waals surface area contributed by atoms with Crippen LogP contribution in [-0.4, -0.2) is 38.0 Å². The first-order valence-corrected chi connectivity index (χ1v) is 7.11. The van der Waals surface area contributed by atoms with Gasteiger partial charge in [-0.25, -0.2) is 0 Å². The van der Waals surface area contributed by atoms with Crippen LogP contribution in [0.3, 0.4) is 0 Å². The van der Waals surface area contributed by atoms with Crippen molar-refractivity contribution in [1.29, 1.82) is 0 Å². The van der Waals surface area contributed by atoms with Crippen molar-refractivity contribution in [3.05, 3.63) is 34.9 Å². The number of carbonyl (C=O) groups excluding carboxylic acids is 1. The molecule has 0 bridgehead atoms. The fourth-order valence-corrected chi connectivity index (χ4v) is 2.63. The van der Waals surface area contributed by atoms with E-state index < -0.39 is 0 Å². The van der Waals surface area contributed by atoms with Crippen molar-refractivity contribution in [2.24, 2.45) is 0 Å². The van der Waals surface area contributed by atoms with E-state index in [1.807, 2.05) is 38.4 Å². The average molecular weight is 281 g/mol. The van der Waals surface area contributed by atoms with Crippen molar-refractivity contribution in [3.8, 4) is 0 Å². The van der Waals surface area contributed by atoms with E-state index in [0.717, 1.165) is 31.4 Å². The fraction of sp³-hybridized carbons (Fsp3) is 0.533. The Hall–Kier alpha value is -1.06. The average Bonchev–Trinajstić information content (AvgIpc) is 2.29. The third-order valence-electron chi connectivity index (χ3n) is 3.88. The molecule has 1 amide bonds. The lowest BCUT2D eigenvalue weighted by Crippen LogP contribution is -2.50. The Morgan fingerprint density at radius 1 is 1.32 bits per heavy atom. The van der Waals surface area contributed by atoms with E-state index in [0.29, 0.717) is 11.6 Å². The Morgan fingerprint density at radius 3 is 2.42 bits per heavy atom. The monoisotopic (exact) mass is 280 g/mol. The summed E-state index contributed by atoms with van der Waals surface area (Å²) in [4.78, 5) is 14.5. The zero-order chi connectivity index (χ0) is 13.9. The standard InChI is InChI=1S/C15H21ClN2O/c1-18(2)11-10-17-14(19)15(8-3-9-15)12-4-6-13(16)7-5-12/h4-7H,3,8-11H2,1-2H3,(H,17,19). The highest BCUT2D eigenvalue weighted by atomic mass is 35.5. The van der Waals surface area contributed by atoms with Crippen LogP contribution in [0.15, 0.2) is 24.3 Å². The van der Waals surface area contributed by atoms with Gasteiger partial charge in [-0.2, -0.15) is 0 Å². The van der Waals surface area contributed by atoms with Gasteiger partial charge in [0.1, 0.15) is 0 Å². The van der Waals surface area contributed by atoms with Crippen LogP contribution in [0.25, 0.3) is 0 Å². The van der Waals surface area contributed by atoms with Crippen LogP contribution in [0.5, 0.6) is 0 Å². The first-order valence-electron chi connectivity index (χ1n) is 6.74. The number of rotatable bonds is 5. The normalized spacial score (nSPS) is 17.1. The number of halogens is 1. The van der Waals surface area contributed by atoms with Gasteiger partial charge in [-0.1, -0.05) is 30.2 Å². The molecule has 1 aromatic rings. The van der Waals surface area contributed by atoms with E-state index in [2.05, 4.69) is 10.2 Å². The molecule has 1 N–H and O–H groups in total. The minimum Gasteiger partial charge on any atom is -0.354 e. The molecule has 1 aromatic carbocycles.